The minimum atomic E-state index is -0.0157. The normalized spacial score (nSPS) is 16.0. The van der Waals surface area contributed by atoms with E-state index in [-0.39, 0.29) is 5.91 Å². The van der Waals surface area contributed by atoms with Crippen molar-refractivity contribution in [2.45, 2.75) is 19.9 Å². The predicted octanol–water partition coefficient (Wildman–Crippen LogP) is 1.76. The van der Waals surface area contributed by atoms with Crippen molar-refractivity contribution in [1.29, 1.82) is 0 Å². The zero-order valence-corrected chi connectivity index (χ0v) is 16.4. The van der Waals surface area contributed by atoms with Crippen molar-refractivity contribution in [3.8, 4) is 0 Å². The van der Waals surface area contributed by atoms with Gasteiger partial charge in [-0.15, -0.1) is 0 Å². The van der Waals surface area contributed by atoms with Crippen LogP contribution in [-0.2, 0) is 0 Å². The number of fused-ring (bicyclic) bond motifs is 1. The number of pyridine rings is 1. The van der Waals surface area contributed by atoms with Crippen LogP contribution in [0, 0.1) is 0 Å². The van der Waals surface area contributed by atoms with Gasteiger partial charge in [0.25, 0.3) is 5.91 Å². The van der Waals surface area contributed by atoms with E-state index >= 15 is 0 Å². The monoisotopic (exact) mass is 357 g/mol. The van der Waals surface area contributed by atoms with Crippen molar-refractivity contribution in [2.24, 2.45) is 0 Å². The number of amides is 1. The molecule has 26 heavy (non-hydrogen) atoms. The number of carbonyl (C=O) groups is 1. The first-order valence-electron chi connectivity index (χ1n) is 9.49. The van der Waals surface area contributed by atoms with Crippen LogP contribution in [0.2, 0.25) is 0 Å². The molecule has 0 aromatic carbocycles. The number of piperazine rings is 1. The number of rotatable bonds is 6. The van der Waals surface area contributed by atoms with E-state index in [9.17, 15) is 4.79 Å². The number of hydrogen-bond donors (Lipinski definition) is 1. The lowest BCUT2D eigenvalue weighted by Crippen LogP contribution is -2.49. The summed E-state index contributed by atoms with van der Waals surface area (Å²) in [6.45, 7) is 10.2. The second kappa shape index (κ2) is 8.10. The van der Waals surface area contributed by atoms with Gasteiger partial charge in [0.1, 0.15) is 5.82 Å². The Morgan fingerprint density at radius 2 is 1.81 bits per heavy atom. The average Bonchev–Trinajstić information content (AvgIpc) is 3.04. The summed E-state index contributed by atoms with van der Waals surface area (Å²) in [5, 5.41) is 2.99. The van der Waals surface area contributed by atoms with Gasteiger partial charge in [0.2, 0.25) is 0 Å². The second-order valence-corrected chi connectivity index (χ2v) is 7.58. The molecule has 3 rings (SSSR count). The van der Waals surface area contributed by atoms with Crippen molar-refractivity contribution < 1.29 is 4.79 Å². The number of aromatic nitrogens is 1. The molecule has 6 heteroatoms. The molecule has 0 saturated carbocycles. The van der Waals surface area contributed by atoms with Gasteiger partial charge >= 0.3 is 0 Å². The Labute approximate surface area is 156 Å². The summed E-state index contributed by atoms with van der Waals surface area (Å²) in [7, 11) is 4.01. The fourth-order valence-electron chi connectivity index (χ4n) is 3.44. The highest BCUT2D eigenvalue weighted by Crippen LogP contribution is 2.22. The van der Waals surface area contributed by atoms with E-state index in [2.05, 4.69) is 50.4 Å². The third kappa shape index (κ3) is 4.19. The molecule has 1 fully saturated rings. The van der Waals surface area contributed by atoms with Gasteiger partial charge in [0, 0.05) is 57.0 Å². The lowest BCUT2D eigenvalue weighted by atomic mass is 10.2. The molecule has 0 atom stereocenters. The average molecular weight is 358 g/mol. The van der Waals surface area contributed by atoms with Crippen LogP contribution in [0.4, 0.5) is 5.82 Å². The van der Waals surface area contributed by atoms with Crippen molar-refractivity contribution in [2.75, 3.05) is 58.3 Å². The highest BCUT2D eigenvalue weighted by atomic mass is 16.1. The lowest BCUT2D eigenvalue weighted by Gasteiger charge is -2.37. The van der Waals surface area contributed by atoms with E-state index in [1.165, 1.54) is 5.82 Å². The van der Waals surface area contributed by atoms with Gasteiger partial charge in [0.05, 0.1) is 5.56 Å². The first-order valence-corrected chi connectivity index (χ1v) is 9.49. The van der Waals surface area contributed by atoms with Gasteiger partial charge in [-0.25, -0.2) is 0 Å². The van der Waals surface area contributed by atoms with Crippen LogP contribution in [0.25, 0.3) is 5.52 Å². The largest absolute Gasteiger partial charge is 0.355 e. The lowest BCUT2D eigenvalue weighted by molar-refractivity contribution is 0.0950. The Morgan fingerprint density at radius 3 is 2.46 bits per heavy atom. The molecule has 0 radical (unpaired) electrons. The van der Waals surface area contributed by atoms with E-state index in [1.54, 1.807) is 0 Å². The molecule has 1 aliphatic heterocycles. The minimum Gasteiger partial charge on any atom is -0.355 e. The zero-order chi connectivity index (χ0) is 18.7. The van der Waals surface area contributed by atoms with Crippen LogP contribution in [0.1, 0.15) is 24.2 Å². The van der Waals surface area contributed by atoms with E-state index in [0.717, 1.165) is 38.2 Å². The van der Waals surface area contributed by atoms with Gasteiger partial charge in [-0.1, -0.05) is 0 Å². The summed E-state index contributed by atoms with van der Waals surface area (Å²) in [5.74, 6) is 1.16. The fourth-order valence-corrected chi connectivity index (χ4v) is 3.44. The molecule has 2 aromatic rings. The number of carbonyl (C=O) groups excluding carboxylic acids is 1. The smallest absolute Gasteiger partial charge is 0.252 e. The second-order valence-electron chi connectivity index (χ2n) is 7.58. The standard InChI is InChI=1S/C20H31N5O/c1-16(2)23-11-13-24(14-12-23)19-8-7-18-6-5-17(15-25(18)19)20(26)21-9-10-22(3)4/h5-8,15-16H,9-14H2,1-4H3,(H,21,26). The van der Waals surface area contributed by atoms with Crippen molar-refractivity contribution >= 4 is 17.2 Å². The quantitative estimate of drug-likeness (QED) is 0.856. The number of nitrogens with zero attached hydrogens (tertiary/aromatic N) is 4. The first kappa shape index (κ1) is 18.7. The zero-order valence-electron chi connectivity index (χ0n) is 16.4. The molecule has 6 nitrogen and oxygen atoms in total. The number of anilines is 1. The molecule has 0 aliphatic carbocycles. The van der Waals surface area contributed by atoms with Gasteiger partial charge in [-0.05, 0) is 52.2 Å². The summed E-state index contributed by atoms with van der Waals surface area (Å²) in [6.07, 6.45) is 1.96. The van der Waals surface area contributed by atoms with Gasteiger partial charge in [-0.3, -0.25) is 9.69 Å². The van der Waals surface area contributed by atoms with Crippen LogP contribution in [0.15, 0.2) is 30.5 Å². The third-order valence-electron chi connectivity index (χ3n) is 5.11. The first-order chi connectivity index (χ1) is 12.5. The molecule has 1 saturated heterocycles. The molecule has 2 aromatic heterocycles. The maximum Gasteiger partial charge on any atom is 0.252 e. The van der Waals surface area contributed by atoms with Crippen molar-refractivity contribution in [3.05, 3.63) is 36.0 Å². The summed E-state index contributed by atoms with van der Waals surface area (Å²) < 4.78 is 2.14. The van der Waals surface area contributed by atoms with Crippen LogP contribution < -0.4 is 10.2 Å². The van der Waals surface area contributed by atoms with E-state index in [4.69, 9.17) is 0 Å². The maximum atomic E-state index is 12.4. The molecule has 3 heterocycles. The Kier molecular flexibility index (Phi) is 5.84. The fraction of sp³-hybridized carbons (Fsp3) is 0.550. The van der Waals surface area contributed by atoms with Gasteiger partial charge in [-0.2, -0.15) is 0 Å². The molecule has 1 N–H and O–H groups in total. The summed E-state index contributed by atoms with van der Waals surface area (Å²) in [6, 6.07) is 8.81. The molecular weight excluding hydrogens is 326 g/mol. The van der Waals surface area contributed by atoms with E-state index in [0.29, 0.717) is 18.2 Å². The minimum absolute atomic E-state index is 0.0157. The van der Waals surface area contributed by atoms with Crippen molar-refractivity contribution in [1.82, 2.24) is 19.5 Å². The number of likely N-dealkylation sites (N-methyl/N-ethyl adjacent to an activating group) is 1. The van der Waals surface area contributed by atoms with Crippen molar-refractivity contribution in [3.63, 3.8) is 0 Å². The SMILES string of the molecule is CC(C)N1CCN(c2ccc3ccc(C(=O)NCCN(C)C)cn23)CC1. The Bertz CT molecular complexity index is 744. The molecule has 0 spiro atoms. The molecule has 142 valence electrons. The molecule has 1 amide bonds. The maximum absolute atomic E-state index is 12.4. The molecule has 1 aliphatic rings. The van der Waals surface area contributed by atoms with Crippen LogP contribution in [-0.4, -0.2) is 79.5 Å². The van der Waals surface area contributed by atoms with Gasteiger partial charge in [0.15, 0.2) is 0 Å². The van der Waals surface area contributed by atoms with Gasteiger partial charge < -0.3 is 19.5 Å². The van der Waals surface area contributed by atoms with E-state index in [1.807, 2.05) is 32.4 Å². The molecular formula is C20H31N5O. The predicted molar refractivity (Wildman–Crippen MR) is 107 cm³/mol. The summed E-state index contributed by atoms with van der Waals surface area (Å²) in [4.78, 5) is 19.4. The Balaban J connectivity index is 1.73. The third-order valence-corrected chi connectivity index (χ3v) is 5.11. The van der Waals surface area contributed by atoms with Crippen LogP contribution in [0.3, 0.4) is 0 Å². The van der Waals surface area contributed by atoms with E-state index < -0.39 is 0 Å². The summed E-state index contributed by atoms with van der Waals surface area (Å²) >= 11 is 0. The van der Waals surface area contributed by atoms with Crippen LogP contribution in [0.5, 0.6) is 0 Å². The Morgan fingerprint density at radius 1 is 1.12 bits per heavy atom. The number of nitrogens with one attached hydrogen (secondary N) is 1. The molecule has 0 bridgehead atoms. The van der Waals surface area contributed by atoms with Crippen LogP contribution >= 0.6 is 0 Å². The topological polar surface area (TPSA) is 43.2 Å². The highest BCUT2D eigenvalue weighted by molar-refractivity contribution is 5.94. The summed E-state index contributed by atoms with van der Waals surface area (Å²) in [5.41, 5.74) is 1.82. The number of hydrogen-bond acceptors (Lipinski definition) is 4. The molecule has 0 unspecified atom stereocenters. The Hall–Kier alpha value is -2.05. The highest BCUT2D eigenvalue weighted by Gasteiger charge is 2.21.